The van der Waals surface area contributed by atoms with Crippen molar-refractivity contribution >= 4 is 5.91 Å². The van der Waals surface area contributed by atoms with Crippen molar-refractivity contribution in [2.24, 2.45) is 11.8 Å². The molecule has 4 heteroatoms. The lowest BCUT2D eigenvalue weighted by Gasteiger charge is -2.19. The summed E-state index contributed by atoms with van der Waals surface area (Å²) in [7, 11) is 0. The van der Waals surface area contributed by atoms with Gasteiger partial charge in [-0.15, -0.1) is 0 Å². The molecule has 3 atom stereocenters. The van der Waals surface area contributed by atoms with E-state index in [1.165, 1.54) is 6.42 Å². The molecule has 1 amide bonds. The zero-order chi connectivity index (χ0) is 12.1. The SMILES string of the molecule is O=C(CCC1CCNC1)NC1CCCC1CO. The highest BCUT2D eigenvalue weighted by Gasteiger charge is 2.27. The van der Waals surface area contributed by atoms with Crippen LogP contribution in [0.2, 0.25) is 0 Å². The van der Waals surface area contributed by atoms with E-state index in [0.29, 0.717) is 12.3 Å². The van der Waals surface area contributed by atoms with Crippen LogP contribution in [0.4, 0.5) is 0 Å². The van der Waals surface area contributed by atoms with Gasteiger partial charge in [0.05, 0.1) is 0 Å². The van der Waals surface area contributed by atoms with Gasteiger partial charge in [-0.3, -0.25) is 4.79 Å². The van der Waals surface area contributed by atoms with E-state index >= 15 is 0 Å². The van der Waals surface area contributed by atoms with E-state index in [4.69, 9.17) is 0 Å². The lowest BCUT2D eigenvalue weighted by atomic mass is 10.0. The van der Waals surface area contributed by atoms with Crippen molar-refractivity contribution in [1.82, 2.24) is 10.6 Å². The van der Waals surface area contributed by atoms with Crippen LogP contribution in [0.3, 0.4) is 0 Å². The van der Waals surface area contributed by atoms with Gasteiger partial charge >= 0.3 is 0 Å². The molecule has 1 aliphatic carbocycles. The number of amides is 1. The molecule has 98 valence electrons. The van der Waals surface area contributed by atoms with Crippen LogP contribution in [0, 0.1) is 11.8 Å². The number of carbonyl (C=O) groups excluding carboxylic acids is 1. The Morgan fingerprint density at radius 1 is 1.35 bits per heavy atom. The summed E-state index contributed by atoms with van der Waals surface area (Å²) < 4.78 is 0. The van der Waals surface area contributed by atoms with Gasteiger partial charge in [0.15, 0.2) is 0 Å². The Morgan fingerprint density at radius 2 is 2.24 bits per heavy atom. The van der Waals surface area contributed by atoms with Gasteiger partial charge in [0.25, 0.3) is 0 Å². The standard InChI is InChI=1S/C13H24N2O2/c16-9-11-2-1-3-12(11)15-13(17)5-4-10-6-7-14-8-10/h10-12,14,16H,1-9H2,(H,15,17). The summed E-state index contributed by atoms with van der Waals surface area (Å²) in [5.74, 6) is 1.13. The lowest BCUT2D eigenvalue weighted by molar-refractivity contribution is -0.122. The van der Waals surface area contributed by atoms with E-state index < -0.39 is 0 Å². The van der Waals surface area contributed by atoms with Gasteiger partial charge in [0, 0.05) is 25.0 Å². The second-order valence-corrected chi connectivity index (χ2v) is 5.45. The predicted molar refractivity (Wildman–Crippen MR) is 66.6 cm³/mol. The third-order valence-corrected chi connectivity index (χ3v) is 4.18. The molecule has 2 fully saturated rings. The number of nitrogens with one attached hydrogen (secondary N) is 2. The second kappa shape index (κ2) is 6.36. The van der Waals surface area contributed by atoms with Crippen molar-refractivity contribution < 1.29 is 9.90 Å². The molecule has 2 rings (SSSR count). The molecule has 0 bridgehead atoms. The smallest absolute Gasteiger partial charge is 0.220 e. The van der Waals surface area contributed by atoms with Gasteiger partial charge in [0.2, 0.25) is 5.91 Å². The van der Waals surface area contributed by atoms with Gasteiger partial charge in [-0.1, -0.05) is 6.42 Å². The Bertz CT molecular complexity index is 252. The zero-order valence-electron chi connectivity index (χ0n) is 10.5. The molecular weight excluding hydrogens is 216 g/mol. The van der Waals surface area contributed by atoms with Crippen LogP contribution in [-0.2, 0) is 4.79 Å². The maximum Gasteiger partial charge on any atom is 0.220 e. The number of hydrogen-bond donors (Lipinski definition) is 3. The summed E-state index contributed by atoms with van der Waals surface area (Å²) >= 11 is 0. The Kier molecular flexibility index (Phi) is 4.80. The van der Waals surface area contributed by atoms with E-state index in [9.17, 15) is 9.90 Å². The molecule has 1 heterocycles. The van der Waals surface area contributed by atoms with Crippen LogP contribution >= 0.6 is 0 Å². The summed E-state index contributed by atoms with van der Waals surface area (Å²) in [6.07, 6.45) is 6.05. The first kappa shape index (κ1) is 12.8. The largest absolute Gasteiger partial charge is 0.396 e. The number of rotatable bonds is 5. The Labute approximate surface area is 103 Å². The van der Waals surface area contributed by atoms with Crippen LogP contribution in [0.15, 0.2) is 0 Å². The molecule has 3 N–H and O–H groups in total. The van der Waals surface area contributed by atoms with Crippen molar-refractivity contribution in [3.63, 3.8) is 0 Å². The van der Waals surface area contributed by atoms with Gasteiger partial charge in [-0.2, -0.15) is 0 Å². The third-order valence-electron chi connectivity index (χ3n) is 4.18. The maximum absolute atomic E-state index is 11.8. The van der Waals surface area contributed by atoms with Crippen LogP contribution in [0.25, 0.3) is 0 Å². The minimum Gasteiger partial charge on any atom is -0.396 e. The fourth-order valence-electron chi connectivity index (χ4n) is 3.02. The van der Waals surface area contributed by atoms with Crippen molar-refractivity contribution in [2.45, 2.75) is 44.6 Å². The molecule has 4 nitrogen and oxygen atoms in total. The van der Waals surface area contributed by atoms with Crippen molar-refractivity contribution in [2.75, 3.05) is 19.7 Å². The van der Waals surface area contributed by atoms with Crippen molar-refractivity contribution in [3.05, 3.63) is 0 Å². The molecule has 17 heavy (non-hydrogen) atoms. The van der Waals surface area contributed by atoms with E-state index in [1.54, 1.807) is 0 Å². The first-order valence-corrected chi connectivity index (χ1v) is 6.90. The summed E-state index contributed by atoms with van der Waals surface area (Å²) in [5.41, 5.74) is 0. The topological polar surface area (TPSA) is 61.4 Å². The van der Waals surface area contributed by atoms with E-state index in [1.807, 2.05) is 0 Å². The van der Waals surface area contributed by atoms with Gasteiger partial charge in [0.1, 0.15) is 0 Å². The van der Waals surface area contributed by atoms with Gasteiger partial charge < -0.3 is 15.7 Å². The average molecular weight is 240 g/mol. The zero-order valence-corrected chi connectivity index (χ0v) is 10.5. The highest BCUT2D eigenvalue weighted by molar-refractivity contribution is 5.76. The summed E-state index contributed by atoms with van der Waals surface area (Å²) in [5, 5.41) is 15.6. The van der Waals surface area contributed by atoms with E-state index in [0.717, 1.165) is 38.8 Å². The Balaban J connectivity index is 1.65. The molecule has 0 aromatic rings. The molecule has 1 saturated carbocycles. The molecule has 0 radical (unpaired) electrons. The van der Waals surface area contributed by atoms with E-state index in [2.05, 4.69) is 10.6 Å². The number of aliphatic hydroxyl groups excluding tert-OH is 1. The van der Waals surface area contributed by atoms with Crippen molar-refractivity contribution in [1.29, 1.82) is 0 Å². The summed E-state index contributed by atoms with van der Waals surface area (Å²) in [4.78, 5) is 11.8. The predicted octanol–water partition coefficient (Wildman–Crippen LogP) is 0.653. The first-order chi connectivity index (χ1) is 8.29. The molecule has 3 unspecified atom stereocenters. The first-order valence-electron chi connectivity index (χ1n) is 6.90. The Morgan fingerprint density at radius 3 is 2.94 bits per heavy atom. The molecule has 0 aromatic heterocycles. The molecule has 1 aliphatic heterocycles. The molecule has 0 aromatic carbocycles. The van der Waals surface area contributed by atoms with Crippen LogP contribution < -0.4 is 10.6 Å². The average Bonchev–Trinajstić information content (AvgIpc) is 2.97. The van der Waals surface area contributed by atoms with Crippen LogP contribution in [-0.4, -0.2) is 36.8 Å². The lowest BCUT2D eigenvalue weighted by Crippen LogP contribution is -2.38. The molecule has 0 spiro atoms. The third kappa shape index (κ3) is 3.68. The number of hydrogen-bond acceptors (Lipinski definition) is 3. The fourth-order valence-corrected chi connectivity index (χ4v) is 3.02. The van der Waals surface area contributed by atoms with E-state index in [-0.39, 0.29) is 24.5 Å². The monoisotopic (exact) mass is 240 g/mol. The van der Waals surface area contributed by atoms with Gasteiger partial charge in [-0.05, 0) is 44.7 Å². The minimum absolute atomic E-state index is 0.169. The van der Waals surface area contributed by atoms with Crippen LogP contribution in [0.1, 0.15) is 38.5 Å². The maximum atomic E-state index is 11.8. The number of aliphatic hydroxyl groups is 1. The Hall–Kier alpha value is -0.610. The van der Waals surface area contributed by atoms with Gasteiger partial charge in [-0.25, -0.2) is 0 Å². The minimum atomic E-state index is 0.169. The fraction of sp³-hybridized carbons (Fsp3) is 0.923. The van der Waals surface area contributed by atoms with Crippen molar-refractivity contribution in [3.8, 4) is 0 Å². The quantitative estimate of drug-likeness (QED) is 0.661. The normalized spacial score (nSPS) is 32.9. The summed E-state index contributed by atoms with van der Waals surface area (Å²) in [6, 6.07) is 0.217. The molecule has 2 aliphatic rings. The summed E-state index contributed by atoms with van der Waals surface area (Å²) in [6.45, 7) is 2.37. The number of carbonyl (C=O) groups is 1. The molecular formula is C13H24N2O2. The molecule has 1 saturated heterocycles. The van der Waals surface area contributed by atoms with Crippen LogP contribution in [0.5, 0.6) is 0 Å². The highest BCUT2D eigenvalue weighted by atomic mass is 16.3. The second-order valence-electron chi connectivity index (χ2n) is 5.45. The highest BCUT2D eigenvalue weighted by Crippen LogP contribution is 2.25.